The van der Waals surface area contributed by atoms with Crippen molar-refractivity contribution in [3.8, 4) is 11.5 Å². The van der Waals surface area contributed by atoms with Crippen LogP contribution in [0.25, 0.3) is 0 Å². The molecule has 0 unspecified atom stereocenters. The molecule has 138 valence electrons. The Kier molecular flexibility index (Phi) is 5.68. The zero-order valence-corrected chi connectivity index (χ0v) is 15.5. The molecule has 8 heteroatoms. The van der Waals surface area contributed by atoms with E-state index in [1.54, 1.807) is 54.0 Å². The highest BCUT2D eigenvalue weighted by Gasteiger charge is 2.12. The van der Waals surface area contributed by atoms with Gasteiger partial charge in [-0.1, -0.05) is 6.07 Å². The van der Waals surface area contributed by atoms with Gasteiger partial charge in [0, 0.05) is 34.5 Å². The van der Waals surface area contributed by atoms with E-state index in [0.717, 1.165) is 0 Å². The second-order valence-corrected chi connectivity index (χ2v) is 6.32. The first kappa shape index (κ1) is 18.4. The van der Waals surface area contributed by atoms with Crippen molar-refractivity contribution in [2.45, 2.75) is 0 Å². The van der Waals surface area contributed by atoms with Crippen LogP contribution in [0.2, 0.25) is 0 Å². The van der Waals surface area contributed by atoms with Gasteiger partial charge in [0.25, 0.3) is 11.8 Å². The summed E-state index contributed by atoms with van der Waals surface area (Å²) in [5, 5.41) is 7.76. The molecular formula is C19H17N3O4S. The van der Waals surface area contributed by atoms with E-state index in [0.29, 0.717) is 33.4 Å². The van der Waals surface area contributed by atoms with E-state index in [4.69, 9.17) is 9.47 Å². The largest absolute Gasteiger partial charge is 0.497 e. The van der Waals surface area contributed by atoms with E-state index in [1.165, 1.54) is 25.6 Å². The molecule has 0 aliphatic heterocycles. The summed E-state index contributed by atoms with van der Waals surface area (Å²) >= 11 is 1.33. The van der Waals surface area contributed by atoms with Crippen LogP contribution in [0.4, 0.5) is 10.8 Å². The van der Waals surface area contributed by atoms with Crippen molar-refractivity contribution in [1.29, 1.82) is 0 Å². The van der Waals surface area contributed by atoms with Gasteiger partial charge in [0.15, 0.2) is 5.13 Å². The van der Waals surface area contributed by atoms with Gasteiger partial charge in [-0.2, -0.15) is 0 Å². The standard InChI is InChI=1S/C19H17N3O4S/c1-25-15-9-13(10-16(11-15)26-2)18(24)21-14-5-3-4-12(8-14)17(23)22-19-20-6-7-27-19/h3-11H,1-2H3,(H,21,24)(H,20,22,23). The van der Waals surface area contributed by atoms with E-state index >= 15 is 0 Å². The molecule has 0 spiro atoms. The molecule has 3 aromatic rings. The third-order valence-corrected chi connectivity index (χ3v) is 4.34. The lowest BCUT2D eigenvalue weighted by Crippen LogP contribution is -2.14. The van der Waals surface area contributed by atoms with Gasteiger partial charge < -0.3 is 14.8 Å². The maximum absolute atomic E-state index is 12.6. The monoisotopic (exact) mass is 383 g/mol. The molecule has 0 saturated heterocycles. The van der Waals surface area contributed by atoms with Gasteiger partial charge in [0.1, 0.15) is 11.5 Å². The Balaban J connectivity index is 1.76. The van der Waals surface area contributed by atoms with Crippen molar-refractivity contribution < 1.29 is 19.1 Å². The Hall–Kier alpha value is -3.39. The van der Waals surface area contributed by atoms with E-state index in [9.17, 15) is 9.59 Å². The second-order valence-electron chi connectivity index (χ2n) is 5.43. The summed E-state index contributed by atoms with van der Waals surface area (Å²) in [4.78, 5) is 28.9. The van der Waals surface area contributed by atoms with Gasteiger partial charge in [-0.25, -0.2) is 4.98 Å². The summed E-state index contributed by atoms with van der Waals surface area (Å²) < 4.78 is 10.4. The molecule has 0 aliphatic carbocycles. The third-order valence-electron chi connectivity index (χ3n) is 3.65. The Morgan fingerprint density at radius 3 is 2.26 bits per heavy atom. The molecule has 1 aromatic heterocycles. The fraction of sp³-hybridized carbons (Fsp3) is 0.105. The number of nitrogens with zero attached hydrogens (tertiary/aromatic N) is 1. The van der Waals surface area contributed by atoms with Crippen molar-refractivity contribution in [3.63, 3.8) is 0 Å². The second kappa shape index (κ2) is 8.33. The zero-order chi connectivity index (χ0) is 19.2. The minimum absolute atomic E-state index is 0.302. The third kappa shape index (κ3) is 4.62. The average molecular weight is 383 g/mol. The lowest BCUT2D eigenvalue weighted by Gasteiger charge is -2.10. The van der Waals surface area contributed by atoms with Gasteiger partial charge in [-0.05, 0) is 30.3 Å². The summed E-state index contributed by atoms with van der Waals surface area (Å²) in [6.07, 6.45) is 1.61. The van der Waals surface area contributed by atoms with E-state index in [1.807, 2.05) is 0 Å². The Bertz CT molecular complexity index is 935. The molecule has 2 amide bonds. The molecule has 1 heterocycles. The van der Waals surface area contributed by atoms with Crippen molar-refractivity contribution in [1.82, 2.24) is 4.98 Å². The first-order valence-corrected chi connectivity index (χ1v) is 8.82. The Morgan fingerprint density at radius 1 is 0.926 bits per heavy atom. The number of ether oxygens (including phenoxy) is 2. The van der Waals surface area contributed by atoms with Crippen LogP contribution in [0, 0.1) is 0 Å². The summed E-state index contributed by atoms with van der Waals surface area (Å²) in [7, 11) is 3.03. The fourth-order valence-electron chi connectivity index (χ4n) is 2.33. The van der Waals surface area contributed by atoms with Crippen molar-refractivity contribution in [2.75, 3.05) is 24.9 Å². The Morgan fingerprint density at radius 2 is 1.63 bits per heavy atom. The number of hydrogen-bond donors (Lipinski definition) is 2. The molecular weight excluding hydrogens is 366 g/mol. The number of rotatable bonds is 6. The quantitative estimate of drug-likeness (QED) is 0.678. The zero-order valence-electron chi connectivity index (χ0n) is 14.7. The normalized spacial score (nSPS) is 10.1. The van der Waals surface area contributed by atoms with Crippen LogP contribution in [0.5, 0.6) is 11.5 Å². The SMILES string of the molecule is COc1cc(OC)cc(C(=O)Nc2cccc(C(=O)Nc3nccs3)c2)c1. The van der Waals surface area contributed by atoms with Crippen LogP contribution in [0.1, 0.15) is 20.7 Å². The lowest BCUT2D eigenvalue weighted by atomic mass is 10.1. The predicted molar refractivity (Wildman–Crippen MR) is 104 cm³/mol. The van der Waals surface area contributed by atoms with Crippen LogP contribution < -0.4 is 20.1 Å². The number of aromatic nitrogens is 1. The molecule has 3 rings (SSSR count). The van der Waals surface area contributed by atoms with Crippen molar-refractivity contribution >= 4 is 34.0 Å². The number of hydrogen-bond acceptors (Lipinski definition) is 6. The highest BCUT2D eigenvalue weighted by atomic mass is 32.1. The average Bonchev–Trinajstić information content (AvgIpc) is 3.20. The topological polar surface area (TPSA) is 89.5 Å². The molecule has 0 fully saturated rings. The maximum atomic E-state index is 12.6. The van der Waals surface area contributed by atoms with Gasteiger partial charge in [0.05, 0.1) is 14.2 Å². The number of thiazole rings is 1. The number of carbonyl (C=O) groups is 2. The predicted octanol–water partition coefficient (Wildman–Crippen LogP) is 3.66. The number of methoxy groups -OCH3 is 2. The molecule has 27 heavy (non-hydrogen) atoms. The molecule has 2 N–H and O–H groups in total. The number of nitrogens with one attached hydrogen (secondary N) is 2. The van der Waals surface area contributed by atoms with Gasteiger partial charge in [0.2, 0.25) is 0 Å². The summed E-state index contributed by atoms with van der Waals surface area (Å²) in [6.45, 7) is 0. The molecule has 2 aromatic carbocycles. The van der Waals surface area contributed by atoms with Gasteiger partial charge in [-0.15, -0.1) is 11.3 Å². The molecule has 0 radical (unpaired) electrons. The summed E-state index contributed by atoms with van der Waals surface area (Å²) in [6, 6.07) is 11.5. The number of anilines is 2. The minimum atomic E-state index is -0.343. The van der Waals surface area contributed by atoms with Crippen molar-refractivity contribution in [2.24, 2.45) is 0 Å². The summed E-state index contributed by atoms with van der Waals surface area (Å²) in [5.74, 6) is 0.376. The van der Waals surface area contributed by atoms with Crippen LogP contribution in [0.3, 0.4) is 0 Å². The minimum Gasteiger partial charge on any atom is -0.497 e. The van der Waals surface area contributed by atoms with Crippen LogP contribution in [-0.4, -0.2) is 31.0 Å². The summed E-state index contributed by atoms with van der Waals surface area (Å²) in [5.41, 5.74) is 1.28. The van der Waals surface area contributed by atoms with Crippen LogP contribution in [0.15, 0.2) is 54.0 Å². The van der Waals surface area contributed by atoms with Crippen LogP contribution in [-0.2, 0) is 0 Å². The smallest absolute Gasteiger partial charge is 0.257 e. The number of carbonyl (C=O) groups excluding carboxylic acids is 2. The van der Waals surface area contributed by atoms with Crippen molar-refractivity contribution in [3.05, 3.63) is 65.2 Å². The highest BCUT2D eigenvalue weighted by molar-refractivity contribution is 7.13. The number of amides is 2. The lowest BCUT2D eigenvalue weighted by molar-refractivity contribution is 0.101. The van der Waals surface area contributed by atoms with E-state index in [-0.39, 0.29) is 11.8 Å². The van der Waals surface area contributed by atoms with Gasteiger partial charge in [-0.3, -0.25) is 14.9 Å². The van der Waals surface area contributed by atoms with E-state index in [2.05, 4.69) is 15.6 Å². The molecule has 0 atom stereocenters. The van der Waals surface area contributed by atoms with Gasteiger partial charge >= 0.3 is 0 Å². The molecule has 0 aliphatic rings. The highest BCUT2D eigenvalue weighted by Crippen LogP contribution is 2.23. The van der Waals surface area contributed by atoms with E-state index < -0.39 is 0 Å². The maximum Gasteiger partial charge on any atom is 0.257 e. The Labute approximate surface area is 160 Å². The molecule has 0 bridgehead atoms. The first-order valence-electron chi connectivity index (χ1n) is 7.94. The first-order chi connectivity index (χ1) is 13.1. The molecule has 7 nitrogen and oxygen atoms in total. The molecule has 0 saturated carbocycles. The van der Waals surface area contributed by atoms with Crippen LogP contribution >= 0.6 is 11.3 Å². The fourth-order valence-corrected chi connectivity index (χ4v) is 2.86. The number of benzene rings is 2.